The molecular weight excluding hydrogens is 216 g/mol. The highest BCUT2D eigenvalue weighted by Crippen LogP contribution is 2.12. The van der Waals surface area contributed by atoms with Crippen LogP contribution in [0.3, 0.4) is 0 Å². The topological polar surface area (TPSA) is 64.3 Å². The first-order valence-electron chi connectivity index (χ1n) is 4.65. The summed E-state index contributed by atoms with van der Waals surface area (Å²) in [5.41, 5.74) is 0.545. The summed E-state index contributed by atoms with van der Waals surface area (Å²) < 4.78 is 26.7. The van der Waals surface area contributed by atoms with E-state index in [0.29, 0.717) is 17.7 Å². The van der Waals surface area contributed by atoms with Crippen LogP contribution in [0.4, 0.5) is 0 Å². The van der Waals surface area contributed by atoms with Crippen LogP contribution < -0.4 is 0 Å². The number of rotatable bonds is 5. The van der Waals surface area contributed by atoms with Crippen molar-refractivity contribution in [3.63, 3.8) is 0 Å². The number of carbonyl (C=O) groups is 1. The zero-order valence-corrected chi connectivity index (χ0v) is 9.63. The van der Waals surface area contributed by atoms with Crippen molar-refractivity contribution in [2.75, 3.05) is 12.0 Å². The second-order valence-corrected chi connectivity index (χ2v) is 5.81. The Balaban J connectivity index is 2.48. The summed E-state index contributed by atoms with van der Waals surface area (Å²) in [6.45, 7) is 1.71. The first-order chi connectivity index (χ1) is 6.90. The fraction of sp³-hybridized carbons (Fsp3) is 0.500. The first kappa shape index (κ1) is 12.0. The molecule has 0 amide bonds. The minimum atomic E-state index is -2.97. The lowest BCUT2D eigenvalue weighted by molar-refractivity contribution is 0.0980. The van der Waals surface area contributed by atoms with Gasteiger partial charge in [0.2, 0.25) is 0 Å². The summed E-state index contributed by atoms with van der Waals surface area (Å²) in [6, 6.07) is 1.61. The smallest absolute Gasteiger partial charge is 0.166 e. The van der Waals surface area contributed by atoms with E-state index in [4.69, 9.17) is 4.42 Å². The van der Waals surface area contributed by atoms with Crippen molar-refractivity contribution in [1.82, 2.24) is 0 Å². The molecular formula is C10H14O4S. The van der Waals surface area contributed by atoms with Crippen LogP contribution in [-0.4, -0.2) is 26.2 Å². The van der Waals surface area contributed by atoms with Gasteiger partial charge < -0.3 is 4.42 Å². The van der Waals surface area contributed by atoms with Crippen LogP contribution in [-0.2, 0) is 9.84 Å². The molecule has 1 rings (SSSR count). The molecule has 0 spiro atoms. The molecule has 0 bridgehead atoms. The lowest BCUT2D eigenvalue weighted by Crippen LogP contribution is -2.06. The van der Waals surface area contributed by atoms with E-state index >= 15 is 0 Å². The molecule has 0 saturated carbocycles. The molecule has 15 heavy (non-hydrogen) atoms. The van der Waals surface area contributed by atoms with Crippen LogP contribution in [0.25, 0.3) is 0 Å². The molecule has 84 valence electrons. The van der Waals surface area contributed by atoms with Gasteiger partial charge in [0.25, 0.3) is 0 Å². The number of ketones is 1. The molecule has 1 aromatic heterocycles. The maximum atomic E-state index is 11.6. The van der Waals surface area contributed by atoms with Crippen molar-refractivity contribution in [2.24, 2.45) is 0 Å². The third-order valence-electron chi connectivity index (χ3n) is 2.08. The normalized spacial score (nSPS) is 11.6. The van der Waals surface area contributed by atoms with Crippen molar-refractivity contribution in [3.05, 3.63) is 23.7 Å². The molecule has 0 saturated heterocycles. The molecule has 0 aliphatic carbocycles. The molecule has 0 aromatic carbocycles. The fourth-order valence-electron chi connectivity index (χ4n) is 1.30. The van der Waals surface area contributed by atoms with Gasteiger partial charge in [-0.3, -0.25) is 4.79 Å². The predicted molar refractivity (Wildman–Crippen MR) is 56.7 cm³/mol. The largest absolute Gasteiger partial charge is 0.469 e. The van der Waals surface area contributed by atoms with Crippen molar-refractivity contribution >= 4 is 15.6 Å². The van der Waals surface area contributed by atoms with Crippen molar-refractivity contribution in [3.8, 4) is 0 Å². The fourth-order valence-corrected chi connectivity index (χ4v) is 1.97. The summed E-state index contributed by atoms with van der Waals surface area (Å²) in [7, 11) is -2.97. The molecule has 0 unspecified atom stereocenters. The molecule has 5 heteroatoms. The number of aryl methyl sites for hydroxylation is 1. The summed E-state index contributed by atoms with van der Waals surface area (Å²) in [5, 5.41) is 0. The van der Waals surface area contributed by atoms with Gasteiger partial charge in [-0.15, -0.1) is 0 Å². The van der Waals surface area contributed by atoms with Gasteiger partial charge in [-0.2, -0.15) is 0 Å². The average molecular weight is 230 g/mol. The Morgan fingerprint density at radius 1 is 1.47 bits per heavy atom. The van der Waals surface area contributed by atoms with Gasteiger partial charge in [0.05, 0.1) is 17.6 Å². The van der Waals surface area contributed by atoms with Crippen LogP contribution in [0.15, 0.2) is 16.7 Å². The van der Waals surface area contributed by atoms with Crippen LogP contribution in [0, 0.1) is 6.92 Å². The number of hydrogen-bond acceptors (Lipinski definition) is 4. The molecule has 1 aromatic rings. The molecule has 0 aliphatic rings. The Morgan fingerprint density at radius 2 is 2.13 bits per heavy atom. The second-order valence-electron chi connectivity index (χ2n) is 3.55. The Labute approximate surface area is 89.2 Å². The average Bonchev–Trinajstić information content (AvgIpc) is 2.48. The Bertz CT molecular complexity index is 442. The van der Waals surface area contributed by atoms with Crippen molar-refractivity contribution in [1.29, 1.82) is 0 Å². The van der Waals surface area contributed by atoms with Gasteiger partial charge in [0, 0.05) is 12.7 Å². The Hall–Kier alpha value is -1.10. The van der Waals surface area contributed by atoms with Crippen molar-refractivity contribution < 1.29 is 17.6 Å². The van der Waals surface area contributed by atoms with E-state index in [2.05, 4.69) is 0 Å². The monoisotopic (exact) mass is 230 g/mol. The number of furan rings is 1. The molecule has 4 nitrogen and oxygen atoms in total. The van der Waals surface area contributed by atoms with Gasteiger partial charge in [-0.25, -0.2) is 8.42 Å². The Kier molecular flexibility index (Phi) is 3.68. The molecule has 0 atom stereocenters. The first-order valence-corrected chi connectivity index (χ1v) is 6.71. The van der Waals surface area contributed by atoms with E-state index < -0.39 is 9.84 Å². The SMILES string of the molecule is Cc1occc1C(=O)CCCS(C)(=O)=O. The highest BCUT2D eigenvalue weighted by atomic mass is 32.2. The number of carbonyl (C=O) groups excluding carboxylic acids is 1. The zero-order chi connectivity index (χ0) is 11.5. The summed E-state index contributed by atoms with van der Waals surface area (Å²) in [4.78, 5) is 11.6. The van der Waals surface area contributed by atoms with Gasteiger partial charge in [0.1, 0.15) is 15.6 Å². The molecule has 1 heterocycles. The minimum Gasteiger partial charge on any atom is -0.469 e. The maximum Gasteiger partial charge on any atom is 0.166 e. The number of sulfone groups is 1. The van der Waals surface area contributed by atoms with Gasteiger partial charge >= 0.3 is 0 Å². The van der Waals surface area contributed by atoms with E-state index in [0.717, 1.165) is 0 Å². The van der Waals surface area contributed by atoms with Crippen LogP contribution in [0.2, 0.25) is 0 Å². The zero-order valence-electron chi connectivity index (χ0n) is 8.82. The van der Waals surface area contributed by atoms with E-state index in [1.807, 2.05) is 0 Å². The highest BCUT2D eigenvalue weighted by molar-refractivity contribution is 7.90. The van der Waals surface area contributed by atoms with E-state index in [-0.39, 0.29) is 18.0 Å². The lowest BCUT2D eigenvalue weighted by atomic mass is 10.1. The minimum absolute atomic E-state index is 0.0512. The number of hydrogen-bond donors (Lipinski definition) is 0. The maximum absolute atomic E-state index is 11.6. The van der Waals surface area contributed by atoms with Gasteiger partial charge in [0.15, 0.2) is 5.78 Å². The Morgan fingerprint density at radius 3 is 2.60 bits per heavy atom. The predicted octanol–water partition coefficient (Wildman–Crippen LogP) is 1.60. The van der Waals surface area contributed by atoms with Crippen LogP contribution in [0.1, 0.15) is 29.0 Å². The lowest BCUT2D eigenvalue weighted by Gasteiger charge is -1.98. The van der Waals surface area contributed by atoms with Crippen LogP contribution in [0.5, 0.6) is 0 Å². The van der Waals surface area contributed by atoms with Gasteiger partial charge in [-0.05, 0) is 19.4 Å². The standard InChI is InChI=1S/C10H14O4S/c1-8-9(5-6-14-8)10(11)4-3-7-15(2,12)13/h5-6H,3-4,7H2,1-2H3. The summed E-state index contributed by atoms with van der Waals surface area (Å²) in [6.07, 6.45) is 3.23. The van der Waals surface area contributed by atoms with Gasteiger partial charge in [-0.1, -0.05) is 0 Å². The van der Waals surface area contributed by atoms with E-state index in [9.17, 15) is 13.2 Å². The second kappa shape index (κ2) is 4.61. The number of Topliss-reactive ketones (excluding diaryl/α,β-unsaturated/α-hetero) is 1. The third kappa shape index (κ3) is 3.87. The highest BCUT2D eigenvalue weighted by Gasteiger charge is 2.12. The van der Waals surface area contributed by atoms with E-state index in [1.54, 1.807) is 13.0 Å². The molecule has 0 N–H and O–H groups in total. The molecule has 0 fully saturated rings. The summed E-state index contributed by atoms with van der Waals surface area (Å²) in [5.74, 6) is 0.569. The molecule has 0 aliphatic heterocycles. The van der Waals surface area contributed by atoms with Crippen molar-refractivity contribution in [2.45, 2.75) is 19.8 Å². The summed E-state index contributed by atoms with van der Waals surface area (Å²) >= 11 is 0. The quantitative estimate of drug-likeness (QED) is 0.721. The van der Waals surface area contributed by atoms with Crippen LogP contribution >= 0.6 is 0 Å². The third-order valence-corrected chi connectivity index (χ3v) is 3.11. The van der Waals surface area contributed by atoms with E-state index in [1.165, 1.54) is 12.5 Å². The molecule has 0 radical (unpaired) electrons.